The van der Waals surface area contributed by atoms with Crippen molar-refractivity contribution in [3.05, 3.63) is 29.8 Å². The van der Waals surface area contributed by atoms with Gasteiger partial charge in [-0.15, -0.1) is 0 Å². The number of hydrogen-bond donors (Lipinski definition) is 2. The Morgan fingerprint density at radius 2 is 2.22 bits per heavy atom. The average molecular weight is 252 g/mol. The van der Waals surface area contributed by atoms with Gasteiger partial charge in [0.2, 0.25) is 0 Å². The van der Waals surface area contributed by atoms with Crippen LogP contribution in [0.4, 0.5) is 5.69 Å². The molecule has 1 aromatic carbocycles. The van der Waals surface area contributed by atoms with Gasteiger partial charge in [-0.05, 0) is 24.6 Å². The minimum atomic E-state index is -0.512. The van der Waals surface area contributed by atoms with E-state index in [9.17, 15) is 4.79 Å². The number of carbonyl (C=O) groups is 1. The molecule has 0 aliphatic rings. The van der Waals surface area contributed by atoms with E-state index in [4.69, 9.17) is 15.2 Å². The fourth-order valence-electron chi connectivity index (χ4n) is 1.40. The minimum absolute atomic E-state index is 0.180. The number of carbonyl (C=O) groups excluding carboxylic acids is 1. The van der Waals surface area contributed by atoms with Crippen molar-refractivity contribution in [3.63, 3.8) is 0 Å². The highest BCUT2D eigenvalue weighted by Crippen LogP contribution is 2.10. The summed E-state index contributed by atoms with van der Waals surface area (Å²) in [6, 6.07) is 7.43. The number of ether oxygens (including phenoxy) is 2. The minimum Gasteiger partial charge on any atom is -0.382 e. The van der Waals surface area contributed by atoms with E-state index in [0.717, 1.165) is 11.3 Å². The molecular formula is C13H20N2O3. The smallest absolute Gasteiger partial charge is 0.253 e. The van der Waals surface area contributed by atoms with Gasteiger partial charge in [-0.25, -0.2) is 0 Å². The molecule has 3 N–H and O–H groups in total. The number of benzene rings is 1. The molecule has 5 heteroatoms. The van der Waals surface area contributed by atoms with Crippen LogP contribution in [0.25, 0.3) is 0 Å². The first-order valence-electron chi connectivity index (χ1n) is 5.87. The number of rotatable bonds is 7. The van der Waals surface area contributed by atoms with Crippen LogP contribution in [0.1, 0.15) is 12.5 Å². The fourth-order valence-corrected chi connectivity index (χ4v) is 1.40. The van der Waals surface area contributed by atoms with Crippen LogP contribution in [0.5, 0.6) is 0 Å². The number of anilines is 1. The highest BCUT2D eigenvalue weighted by molar-refractivity contribution is 5.93. The Hall–Kier alpha value is -1.43. The first kappa shape index (κ1) is 14.6. The summed E-state index contributed by atoms with van der Waals surface area (Å²) >= 11 is 0. The molecule has 1 rings (SSSR count). The standard InChI is InChI=1S/C13H20N2O3/c1-10(18-7-6-17-2)13(16)15-12-5-3-4-11(8-12)9-14/h3-5,8,10H,6-7,9,14H2,1-2H3,(H,15,16). The Kier molecular flexibility index (Phi) is 6.35. The van der Waals surface area contributed by atoms with Crippen molar-refractivity contribution in [3.8, 4) is 0 Å². The second kappa shape index (κ2) is 7.81. The summed E-state index contributed by atoms with van der Waals surface area (Å²) < 4.78 is 10.2. The monoisotopic (exact) mass is 252 g/mol. The SMILES string of the molecule is COCCOC(C)C(=O)Nc1cccc(CN)c1. The molecule has 1 aromatic rings. The van der Waals surface area contributed by atoms with Gasteiger partial charge in [0, 0.05) is 19.3 Å². The maximum Gasteiger partial charge on any atom is 0.253 e. The molecule has 100 valence electrons. The number of hydrogen-bond acceptors (Lipinski definition) is 4. The van der Waals surface area contributed by atoms with Crippen molar-refractivity contribution < 1.29 is 14.3 Å². The summed E-state index contributed by atoms with van der Waals surface area (Å²) in [5.74, 6) is -0.180. The zero-order valence-corrected chi connectivity index (χ0v) is 10.8. The summed E-state index contributed by atoms with van der Waals surface area (Å²) in [7, 11) is 1.59. The van der Waals surface area contributed by atoms with Gasteiger partial charge in [-0.3, -0.25) is 4.79 Å². The number of amides is 1. The predicted octanol–water partition coefficient (Wildman–Crippen LogP) is 1.14. The van der Waals surface area contributed by atoms with Crippen LogP contribution in [0.2, 0.25) is 0 Å². The first-order chi connectivity index (χ1) is 8.67. The topological polar surface area (TPSA) is 73.6 Å². The largest absolute Gasteiger partial charge is 0.382 e. The Labute approximate surface area is 107 Å². The quantitative estimate of drug-likeness (QED) is 0.714. The van der Waals surface area contributed by atoms with Crippen LogP contribution in [0, 0.1) is 0 Å². The zero-order valence-electron chi connectivity index (χ0n) is 10.8. The lowest BCUT2D eigenvalue weighted by atomic mass is 10.2. The average Bonchev–Trinajstić information content (AvgIpc) is 2.39. The third-order valence-electron chi connectivity index (χ3n) is 2.45. The van der Waals surface area contributed by atoms with Gasteiger partial charge in [-0.1, -0.05) is 12.1 Å². The second-order valence-corrected chi connectivity index (χ2v) is 3.90. The van der Waals surface area contributed by atoms with Crippen molar-refractivity contribution in [1.29, 1.82) is 0 Å². The van der Waals surface area contributed by atoms with Crippen LogP contribution in [-0.2, 0) is 20.8 Å². The van der Waals surface area contributed by atoms with E-state index in [1.54, 1.807) is 14.0 Å². The summed E-state index contributed by atoms with van der Waals surface area (Å²) in [5, 5.41) is 2.78. The lowest BCUT2D eigenvalue weighted by molar-refractivity contribution is -0.127. The lowest BCUT2D eigenvalue weighted by Gasteiger charge is -2.13. The number of methoxy groups -OCH3 is 1. The van der Waals surface area contributed by atoms with Crippen molar-refractivity contribution in [2.24, 2.45) is 5.73 Å². The maximum atomic E-state index is 11.8. The van der Waals surface area contributed by atoms with Crippen LogP contribution in [-0.4, -0.2) is 32.3 Å². The molecule has 1 atom stereocenters. The fraction of sp³-hybridized carbons (Fsp3) is 0.462. The van der Waals surface area contributed by atoms with Crippen LogP contribution < -0.4 is 11.1 Å². The molecule has 0 heterocycles. The van der Waals surface area contributed by atoms with Gasteiger partial charge in [-0.2, -0.15) is 0 Å². The number of nitrogens with two attached hydrogens (primary N) is 1. The van der Waals surface area contributed by atoms with Gasteiger partial charge < -0.3 is 20.5 Å². The number of nitrogens with one attached hydrogen (secondary N) is 1. The third-order valence-corrected chi connectivity index (χ3v) is 2.45. The van der Waals surface area contributed by atoms with Crippen molar-refractivity contribution in [2.45, 2.75) is 19.6 Å². The Balaban J connectivity index is 2.47. The molecular weight excluding hydrogens is 232 g/mol. The van der Waals surface area contributed by atoms with Gasteiger partial charge in [0.15, 0.2) is 0 Å². The molecule has 0 bridgehead atoms. The Morgan fingerprint density at radius 3 is 2.89 bits per heavy atom. The van der Waals surface area contributed by atoms with E-state index < -0.39 is 6.10 Å². The molecule has 0 aliphatic heterocycles. The van der Waals surface area contributed by atoms with E-state index in [2.05, 4.69) is 5.32 Å². The molecule has 1 amide bonds. The summed E-state index contributed by atoms with van der Waals surface area (Å²) in [4.78, 5) is 11.8. The highest BCUT2D eigenvalue weighted by Gasteiger charge is 2.13. The molecule has 0 aromatic heterocycles. The van der Waals surface area contributed by atoms with Gasteiger partial charge in [0.1, 0.15) is 6.10 Å². The molecule has 0 aliphatic carbocycles. The Bertz CT molecular complexity index is 382. The molecule has 0 fully saturated rings. The molecule has 0 saturated heterocycles. The zero-order chi connectivity index (χ0) is 13.4. The molecule has 5 nitrogen and oxygen atoms in total. The summed E-state index contributed by atoms with van der Waals surface area (Å²) in [5.41, 5.74) is 7.24. The first-order valence-corrected chi connectivity index (χ1v) is 5.87. The van der Waals surface area contributed by atoms with Gasteiger partial charge in [0.05, 0.1) is 13.2 Å². The van der Waals surface area contributed by atoms with Crippen molar-refractivity contribution in [2.75, 3.05) is 25.6 Å². The van der Waals surface area contributed by atoms with E-state index in [1.807, 2.05) is 24.3 Å². The third kappa shape index (κ3) is 4.83. The lowest BCUT2D eigenvalue weighted by Crippen LogP contribution is -2.28. The van der Waals surface area contributed by atoms with E-state index >= 15 is 0 Å². The van der Waals surface area contributed by atoms with E-state index in [1.165, 1.54) is 0 Å². The molecule has 18 heavy (non-hydrogen) atoms. The van der Waals surface area contributed by atoms with Crippen molar-refractivity contribution in [1.82, 2.24) is 0 Å². The molecule has 1 unspecified atom stereocenters. The maximum absolute atomic E-state index is 11.8. The van der Waals surface area contributed by atoms with Crippen LogP contribution in [0.15, 0.2) is 24.3 Å². The van der Waals surface area contributed by atoms with Gasteiger partial charge in [0.25, 0.3) is 5.91 Å². The Morgan fingerprint density at radius 1 is 1.44 bits per heavy atom. The second-order valence-electron chi connectivity index (χ2n) is 3.90. The molecule has 0 saturated carbocycles. The summed E-state index contributed by atoms with van der Waals surface area (Å²) in [6.45, 7) is 3.02. The predicted molar refractivity (Wildman–Crippen MR) is 70.3 cm³/mol. The van der Waals surface area contributed by atoms with Crippen molar-refractivity contribution >= 4 is 11.6 Å². The molecule has 0 radical (unpaired) electrons. The summed E-state index contributed by atoms with van der Waals surface area (Å²) in [6.07, 6.45) is -0.512. The van der Waals surface area contributed by atoms with Gasteiger partial charge >= 0.3 is 0 Å². The normalized spacial score (nSPS) is 12.2. The molecule has 0 spiro atoms. The highest BCUT2D eigenvalue weighted by atomic mass is 16.5. The van der Waals surface area contributed by atoms with E-state index in [0.29, 0.717) is 19.8 Å². The van der Waals surface area contributed by atoms with Crippen LogP contribution in [0.3, 0.4) is 0 Å². The van der Waals surface area contributed by atoms with E-state index in [-0.39, 0.29) is 5.91 Å². The van der Waals surface area contributed by atoms with Crippen LogP contribution >= 0.6 is 0 Å².